The Balaban J connectivity index is 1.53. The largest absolute Gasteiger partial charge is 0.461 e. The molecular weight excluding hydrogens is 372 g/mol. The van der Waals surface area contributed by atoms with Crippen LogP contribution in [-0.2, 0) is 25.6 Å². The number of amides is 1. The number of carbonyl (C=O) groups excluding carboxylic acids is 2. The van der Waals surface area contributed by atoms with Crippen LogP contribution in [0, 0.1) is 5.92 Å². The maximum absolute atomic E-state index is 13.0. The van der Waals surface area contributed by atoms with Gasteiger partial charge in [-0.2, -0.15) is 0 Å². The van der Waals surface area contributed by atoms with E-state index in [0.717, 1.165) is 5.56 Å². The van der Waals surface area contributed by atoms with Crippen LogP contribution in [0.5, 0.6) is 0 Å². The maximum Gasteiger partial charge on any atom is 0.410 e. The molecule has 0 saturated carbocycles. The molecule has 7 heteroatoms. The van der Waals surface area contributed by atoms with E-state index in [9.17, 15) is 9.59 Å². The van der Waals surface area contributed by atoms with E-state index in [0.29, 0.717) is 19.4 Å². The molecule has 1 aromatic rings. The van der Waals surface area contributed by atoms with Gasteiger partial charge < -0.3 is 14.2 Å². The number of benzene rings is 1. The number of ether oxygens (including phenoxy) is 3. The molecule has 0 radical (unpaired) electrons. The van der Waals surface area contributed by atoms with Crippen molar-refractivity contribution < 1.29 is 23.8 Å². The molecule has 3 heterocycles. The number of cyclic esters (lactones) is 1. The molecule has 1 aromatic carbocycles. The zero-order valence-corrected chi connectivity index (χ0v) is 16.9. The molecule has 5 atom stereocenters. The van der Waals surface area contributed by atoms with E-state index in [-0.39, 0.29) is 36.8 Å². The van der Waals surface area contributed by atoms with Gasteiger partial charge in [0.05, 0.1) is 24.6 Å². The molecule has 0 aromatic heterocycles. The van der Waals surface area contributed by atoms with Crippen molar-refractivity contribution in [1.29, 1.82) is 0 Å². The molecule has 4 rings (SSSR count). The zero-order chi connectivity index (χ0) is 20.6. The lowest BCUT2D eigenvalue weighted by Crippen LogP contribution is -2.51. The first-order valence-electron chi connectivity index (χ1n) is 10.1. The van der Waals surface area contributed by atoms with E-state index in [2.05, 4.69) is 11.9 Å². The first-order chi connectivity index (χ1) is 13.9. The normalized spacial score (nSPS) is 32.7. The molecule has 29 heavy (non-hydrogen) atoms. The second-order valence-corrected chi connectivity index (χ2v) is 8.43. The summed E-state index contributed by atoms with van der Waals surface area (Å²) in [6.45, 7) is 8.30. The molecule has 3 fully saturated rings. The van der Waals surface area contributed by atoms with Gasteiger partial charge in [0.25, 0.3) is 0 Å². The van der Waals surface area contributed by atoms with E-state index < -0.39 is 17.7 Å². The SMILES string of the molecule is C=CC[C@H]1CC(C(=O)OCc2ccccc2)C2[C@@H]([C@H]3COC(C)(C)N3)OC(=O)N21. The summed E-state index contributed by atoms with van der Waals surface area (Å²) in [6, 6.07) is 8.93. The number of rotatable bonds is 6. The second-order valence-electron chi connectivity index (χ2n) is 8.43. The summed E-state index contributed by atoms with van der Waals surface area (Å²) in [4.78, 5) is 27.4. The van der Waals surface area contributed by atoms with Crippen LogP contribution in [0.1, 0.15) is 32.3 Å². The second kappa shape index (κ2) is 7.80. The van der Waals surface area contributed by atoms with Gasteiger partial charge in [0, 0.05) is 6.04 Å². The Labute approximate surface area is 171 Å². The van der Waals surface area contributed by atoms with Crippen LogP contribution in [-0.4, -0.2) is 53.5 Å². The van der Waals surface area contributed by atoms with Gasteiger partial charge in [-0.15, -0.1) is 6.58 Å². The maximum atomic E-state index is 13.0. The summed E-state index contributed by atoms with van der Waals surface area (Å²) in [5, 5.41) is 3.37. The average Bonchev–Trinajstić information content (AvgIpc) is 3.35. The lowest BCUT2D eigenvalue weighted by molar-refractivity contribution is -0.151. The number of nitrogens with one attached hydrogen (secondary N) is 1. The fourth-order valence-corrected chi connectivity index (χ4v) is 4.69. The average molecular weight is 400 g/mol. The summed E-state index contributed by atoms with van der Waals surface area (Å²) in [5.41, 5.74) is 0.439. The van der Waals surface area contributed by atoms with Crippen molar-refractivity contribution in [3.63, 3.8) is 0 Å². The van der Waals surface area contributed by atoms with Crippen molar-refractivity contribution in [2.24, 2.45) is 5.92 Å². The molecule has 3 saturated heterocycles. The first kappa shape index (κ1) is 19.9. The topological polar surface area (TPSA) is 77.1 Å². The number of carbonyl (C=O) groups is 2. The van der Waals surface area contributed by atoms with Crippen LogP contribution in [0.25, 0.3) is 0 Å². The molecule has 2 unspecified atom stereocenters. The molecule has 0 bridgehead atoms. The number of nitrogens with zero attached hydrogens (tertiary/aromatic N) is 1. The molecule has 3 aliphatic rings. The molecule has 0 aliphatic carbocycles. The van der Waals surface area contributed by atoms with Gasteiger partial charge in [0.2, 0.25) is 0 Å². The minimum Gasteiger partial charge on any atom is -0.461 e. The molecule has 3 aliphatic heterocycles. The van der Waals surface area contributed by atoms with Crippen molar-refractivity contribution in [3.8, 4) is 0 Å². The highest BCUT2D eigenvalue weighted by atomic mass is 16.6. The fourth-order valence-electron chi connectivity index (χ4n) is 4.69. The van der Waals surface area contributed by atoms with Crippen molar-refractivity contribution in [2.45, 2.75) is 63.3 Å². The predicted octanol–water partition coefficient (Wildman–Crippen LogP) is 2.61. The van der Waals surface area contributed by atoms with Gasteiger partial charge in [-0.05, 0) is 32.3 Å². The molecule has 1 N–H and O–H groups in total. The van der Waals surface area contributed by atoms with Crippen LogP contribution >= 0.6 is 0 Å². The van der Waals surface area contributed by atoms with Crippen LogP contribution in [0.15, 0.2) is 43.0 Å². The molecular formula is C22H28N2O5. The lowest BCUT2D eigenvalue weighted by Gasteiger charge is -2.27. The predicted molar refractivity (Wildman–Crippen MR) is 106 cm³/mol. The standard InChI is InChI=1S/C22H28N2O5/c1-4-8-15-11-16(20(25)27-12-14-9-6-5-7-10-14)18-19(29-21(26)24(15)18)17-13-28-22(2,3)23-17/h4-7,9-10,15-19,23H,1,8,11-13H2,2-3H3/t15-,16?,17+,18?,19+/m0/s1. The summed E-state index contributed by atoms with van der Waals surface area (Å²) in [5.74, 6) is -0.734. The number of hydrogen-bond acceptors (Lipinski definition) is 6. The number of hydrogen-bond donors (Lipinski definition) is 1. The van der Waals surface area contributed by atoms with E-state index in [1.54, 1.807) is 11.0 Å². The minimum atomic E-state index is -0.493. The van der Waals surface area contributed by atoms with Gasteiger partial charge in [-0.1, -0.05) is 36.4 Å². The van der Waals surface area contributed by atoms with Crippen LogP contribution in [0.4, 0.5) is 4.79 Å². The molecule has 7 nitrogen and oxygen atoms in total. The number of fused-ring (bicyclic) bond motifs is 1. The Morgan fingerprint density at radius 1 is 1.38 bits per heavy atom. The number of esters is 1. The van der Waals surface area contributed by atoms with Crippen molar-refractivity contribution in [1.82, 2.24) is 10.2 Å². The van der Waals surface area contributed by atoms with E-state index in [1.807, 2.05) is 44.2 Å². The molecule has 0 spiro atoms. The highest BCUT2D eigenvalue weighted by Gasteiger charge is 2.59. The van der Waals surface area contributed by atoms with Gasteiger partial charge in [0.1, 0.15) is 18.4 Å². The fraction of sp³-hybridized carbons (Fsp3) is 0.545. The van der Waals surface area contributed by atoms with Crippen molar-refractivity contribution >= 4 is 12.1 Å². The van der Waals surface area contributed by atoms with E-state index >= 15 is 0 Å². The quantitative estimate of drug-likeness (QED) is 0.584. The smallest absolute Gasteiger partial charge is 0.410 e. The molecule has 1 amide bonds. The third-order valence-corrected chi connectivity index (χ3v) is 5.96. The molecule has 156 valence electrons. The van der Waals surface area contributed by atoms with Crippen LogP contribution in [0.2, 0.25) is 0 Å². The summed E-state index contributed by atoms with van der Waals surface area (Å²) in [7, 11) is 0. The lowest BCUT2D eigenvalue weighted by atomic mass is 9.91. The van der Waals surface area contributed by atoms with Gasteiger partial charge in [-0.25, -0.2) is 4.79 Å². The zero-order valence-electron chi connectivity index (χ0n) is 16.9. The van der Waals surface area contributed by atoms with Crippen LogP contribution in [0.3, 0.4) is 0 Å². The van der Waals surface area contributed by atoms with E-state index in [1.165, 1.54) is 0 Å². The van der Waals surface area contributed by atoms with Crippen LogP contribution < -0.4 is 5.32 Å². The van der Waals surface area contributed by atoms with Crippen molar-refractivity contribution in [2.75, 3.05) is 6.61 Å². The minimum absolute atomic E-state index is 0.111. The summed E-state index contributed by atoms with van der Waals surface area (Å²) >= 11 is 0. The first-order valence-corrected chi connectivity index (χ1v) is 10.1. The Kier molecular flexibility index (Phi) is 5.36. The Bertz CT molecular complexity index is 781. The van der Waals surface area contributed by atoms with E-state index in [4.69, 9.17) is 14.2 Å². The Morgan fingerprint density at radius 2 is 2.14 bits per heavy atom. The Hall–Kier alpha value is -2.38. The summed E-state index contributed by atoms with van der Waals surface area (Å²) < 4.78 is 17.1. The highest BCUT2D eigenvalue weighted by molar-refractivity contribution is 5.79. The monoisotopic (exact) mass is 400 g/mol. The van der Waals surface area contributed by atoms with Gasteiger partial charge in [-0.3, -0.25) is 15.0 Å². The highest BCUT2D eigenvalue weighted by Crippen LogP contribution is 2.42. The Morgan fingerprint density at radius 3 is 2.79 bits per heavy atom. The third-order valence-electron chi connectivity index (χ3n) is 5.96. The third kappa shape index (κ3) is 3.89. The van der Waals surface area contributed by atoms with Gasteiger partial charge >= 0.3 is 12.1 Å². The van der Waals surface area contributed by atoms with Crippen molar-refractivity contribution in [3.05, 3.63) is 48.6 Å². The summed E-state index contributed by atoms with van der Waals surface area (Å²) in [6.07, 6.45) is 2.10. The van der Waals surface area contributed by atoms with Gasteiger partial charge in [0.15, 0.2) is 0 Å².